The van der Waals surface area contributed by atoms with E-state index in [0.717, 1.165) is 16.9 Å². The molecule has 2 unspecified atom stereocenters. The Morgan fingerprint density at radius 2 is 1.77 bits per heavy atom. The molecule has 208 valence electrons. The summed E-state index contributed by atoms with van der Waals surface area (Å²) in [5.41, 5.74) is 2.14. The largest absolute Gasteiger partial charge is 0.573 e. The van der Waals surface area contributed by atoms with Gasteiger partial charge >= 0.3 is 6.36 Å². The SMILES string of the molecule is CC(C)C(=O)N1C(C)CN(Cc2ccccc2OC(F)(F)F)CC1C(=O)NCc1ccc(-c2ccco2)cc1. The summed E-state index contributed by atoms with van der Waals surface area (Å²) >= 11 is 0. The number of amides is 2. The number of para-hydroxylation sites is 1. The maximum atomic E-state index is 13.4. The lowest BCUT2D eigenvalue weighted by molar-refractivity contribution is -0.275. The van der Waals surface area contributed by atoms with Gasteiger partial charge in [-0.15, -0.1) is 13.2 Å². The monoisotopic (exact) mass is 543 g/mol. The Labute approximate surface area is 225 Å². The van der Waals surface area contributed by atoms with E-state index in [0.29, 0.717) is 12.1 Å². The molecule has 2 amide bonds. The van der Waals surface area contributed by atoms with Crippen LogP contribution >= 0.6 is 0 Å². The van der Waals surface area contributed by atoms with Crippen molar-refractivity contribution >= 4 is 11.8 Å². The van der Waals surface area contributed by atoms with E-state index in [1.165, 1.54) is 12.1 Å². The number of furan rings is 1. The first-order valence-corrected chi connectivity index (χ1v) is 12.8. The summed E-state index contributed by atoms with van der Waals surface area (Å²) in [4.78, 5) is 30.0. The molecule has 1 saturated heterocycles. The van der Waals surface area contributed by atoms with Crippen molar-refractivity contribution in [2.75, 3.05) is 13.1 Å². The summed E-state index contributed by atoms with van der Waals surface area (Å²) in [6.45, 7) is 6.37. The number of benzene rings is 2. The van der Waals surface area contributed by atoms with Crippen molar-refractivity contribution in [2.45, 2.75) is 52.3 Å². The molecule has 0 bridgehead atoms. The van der Waals surface area contributed by atoms with E-state index in [-0.39, 0.29) is 49.2 Å². The molecule has 10 heteroatoms. The number of hydrogen-bond acceptors (Lipinski definition) is 5. The molecule has 3 aromatic rings. The first-order chi connectivity index (χ1) is 18.5. The average Bonchev–Trinajstić information content (AvgIpc) is 3.42. The lowest BCUT2D eigenvalue weighted by Crippen LogP contribution is -2.64. The van der Waals surface area contributed by atoms with Crippen molar-refractivity contribution in [1.29, 1.82) is 0 Å². The molecule has 0 saturated carbocycles. The van der Waals surface area contributed by atoms with Gasteiger partial charge in [0.25, 0.3) is 0 Å². The zero-order chi connectivity index (χ0) is 28.2. The van der Waals surface area contributed by atoms with Crippen molar-refractivity contribution in [3.8, 4) is 17.1 Å². The molecule has 0 spiro atoms. The first kappa shape index (κ1) is 28.2. The summed E-state index contributed by atoms with van der Waals surface area (Å²) in [6.07, 6.45) is -3.21. The van der Waals surface area contributed by atoms with Gasteiger partial charge in [0.2, 0.25) is 11.8 Å². The molecule has 1 N–H and O–H groups in total. The van der Waals surface area contributed by atoms with E-state index in [2.05, 4.69) is 10.1 Å². The summed E-state index contributed by atoms with van der Waals surface area (Å²) in [7, 11) is 0. The van der Waals surface area contributed by atoms with Crippen LogP contribution in [0.2, 0.25) is 0 Å². The quantitative estimate of drug-likeness (QED) is 0.422. The Hall–Kier alpha value is -3.79. The van der Waals surface area contributed by atoms with Crippen LogP contribution in [0.4, 0.5) is 13.2 Å². The fraction of sp³-hybridized carbons (Fsp3) is 0.379. The van der Waals surface area contributed by atoms with Gasteiger partial charge in [0.15, 0.2) is 0 Å². The number of rotatable bonds is 8. The second-order valence-corrected chi connectivity index (χ2v) is 10.0. The number of halogens is 3. The van der Waals surface area contributed by atoms with Crippen LogP contribution in [0.5, 0.6) is 5.75 Å². The number of carbonyl (C=O) groups is 2. The van der Waals surface area contributed by atoms with Crippen LogP contribution in [0.3, 0.4) is 0 Å². The fourth-order valence-electron chi connectivity index (χ4n) is 4.82. The van der Waals surface area contributed by atoms with E-state index in [4.69, 9.17) is 4.42 Å². The van der Waals surface area contributed by atoms with E-state index in [9.17, 15) is 22.8 Å². The third-order valence-electron chi connectivity index (χ3n) is 6.63. The molecular formula is C29H32F3N3O4. The van der Waals surface area contributed by atoms with Crippen LogP contribution < -0.4 is 10.1 Å². The van der Waals surface area contributed by atoms with E-state index < -0.39 is 12.4 Å². The van der Waals surface area contributed by atoms with Crippen molar-refractivity contribution in [1.82, 2.24) is 15.1 Å². The van der Waals surface area contributed by atoms with Gasteiger partial charge in [-0.05, 0) is 30.7 Å². The first-order valence-electron chi connectivity index (χ1n) is 12.8. The molecule has 4 rings (SSSR count). The highest BCUT2D eigenvalue weighted by atomic mass is 19.4. The van der Waals surface area contributed by atoms with Crippen LogP contribution in [-0.2, 0) is 22.7 Å². The second kappa shape index (κ2) is 11.9. The van der Waals surface area contributed by atoms with Crippen LogP contribution in [0.25, 0.3) is 11.3 Å². The number of nitrogens with zero attached hydrogens (tertiary/aromatic N) is 2. The predicted molar refractivity (Wildman–Crippen MR) is 139 cm³/mol. The van der Waals surface area contributed by atoms with E-state index in [1.807, 2.05) is 48.2 Å². The minimum absolute atomic E-state index is 0.137. The fourth-order valence-corrected chi connectivity index (χ4v) is 4.82. The Morgan fingerprint density at radius 1 is 1.05 bits per heavy atom. The average molecular weight is 544 g/mol. The van der Waals surface area contributed by atoms with E-state index >= 15 is 0 Å². The van der Waals surface area contributed by atoms with Crippen LogP contribution in [0.15, 0.2) is 71.3 Å². The molecule has 1 aliphatic rings. The number of ether oxygens (including phenoxy) is 1. The smallest absolute Gasteiger partial charge is 0.464 e. The third kappa shape index (κ3) is 7.20. The van der Waals surface area contributed by atoms with Crippen molar-refractivity contribution < 1.29 is 31.9 Å². The second-order valence-electron chi connectivity index (χ2n) is 10.0. The Kier molecular flexibility index (Phi) is 8.64. The maximum Gasteiger partial charge on any atom is 0.573 e. The Balaban J connectivity index is 1.48. The highest BCUT2D eigenvalue weighted by molar-refractivity contribution is 5.89. The lowest BCUT2D eigenvalue weighted by atomic mass is 10.0. The summed E-state index contributed by atoms with van der Waals surface area (Å²) < 4.78 is 48.4. The van der Waals surface area contributed by atoms with Crippen LogP contribution in [0, 0.1) is 5.92 Å². The van der Waals surface area contributed by atoms with Gasteiger partial charge < -0.3 is 19.4 Å². The minimum Gasteiger partial charge on any atom is -0.464 e. The molecule has 7 nitrogen and oxygen atoms in total. The molecular weight excluding hydrogens is 511 g/mol. The molecule has 1 fully saturated rings. The van der Waals surface area contributed by atoms with Gasteiger partial charge in [-0.2, -0.15) is 0 Å². The minimum atomic E-state index is -4.82. The number of piperazine rings is 1. The Bertz CT molecular complexity index is 1260. The van der Waals surface area contributed by atoms with Gasteiger partial charge in [0.05, 0.1) is 6.26 Å². The van der Waals surface area contributed by atoms with Crippen molar-refractivity contribution in [3.05, 3.63) is 78.1 Å². The van der Waals surface area contributed by atoms with Crippen molar-refractivity contribution in [3.63, 3.8) is 0 Å². The van der Waals surface area contributed by atoms with Crippen molar-refractivity contribution in [2.24, 2.45) is 5.92 Å². The number of carbonyl (C=O) groups excluding carboxylic acids is 2. The molecule has 2 aromatic carbocycles. The summed E-state index contributed by atoms with van der Waals surface area (Å²) in [5, 5.41) is 2.94. The molecule has 2 heterocycles. The van der Waals surface area contributed by atoms with Gasteiger partial charge in [-0.3, -0.25) is 14.5 Å². The molecule has 1 aliphatic heterocycles. The zero-order valence-electron chi connectivity index (χ0n) is 22.1. The number of alkyl halides is 3. The summed E-state index contributed by atoms with van der Waals surface area (Å²) in [6, 6.07) is 16.1. The van der Waals surface area contributed by atoms with Gasteiger partial charge in [-0.25, -0.2) is 0 Å². The summed E-state index contributed by atoms with van der Waals surface area (Å²) in [5.74, 6) is -0.324. The number of nitrogens with one attached hydrogen (secondary N) is 1. The topological polar surface area (TPSA) is 75.0 Å². The highest BCUT2D eigenvalue weighted by Crippen LogP contribution is 2.29. The highest BCUT2D eigenvalue weighted by Gasteiger charge is 2.40. The predicted octanol–water partition coefficient (Wildman–Crippen LogP) is 5.22. The molecule has 39 heavy (non-hydrogen) atoms. The normalized spacial score (nSPS) is 18.3. The Morgan fingerprint density at radius 3 is 2.41 bits per heavy atom. The van der Waals surface area contributed by atoms with Gasteiger partial charge in [0, 0.05) is 49.3 Å². The van der Waals surface area contributed by atoms with E-state index in [1.54, 1.807) is 37.1 Å². The standard InChI is InChI=1S/C29H32F3N3O4/c1-19(2)28(37)35-20(3)16-34(17-23-7-4-5-8-26(23)39-29(30,31)32)18-24(35)27(36)33-15-21-10-12-22(13-11-21)25-9-6-14-38-25/h4-14,19-20,24H,15-18H2,1-3H3,(H,33,36). The van der Waals surface area contributed by atoms with Gasteiger partial charge in [0.1, 0.15) is 17.6 Å². The third-order valence-corrected chi connectivity index (χ3v) is 6.63. The van der Waals surface area contributed by atoms with Gasteiger partial charge in [-0.1, -0.05) is 56.3 Å². The zero-order valence-corrected chi connectivity index (χ0v) is 22.1. The maximum absolute atomic E-state index is 13.4. The van der Waals surface area contributed by atoms with Crippen LogP contribution in [0.1, 0.15) is 31.9 Å². The molecule has 0 radical (unpaired) electrons. The van der Waals surface area contributed by atoms with Crippen LogP contribution in [-0.4, -0.2) is 53.1 Å². The molecule has 2 atom stereocenters. The number of hydrogen-bond donors (Lipinski definition) is 1. The lowest BCUT2D eigenvalue weighted by Gasteiger charge is -2.45. The molecule has 0 aliphatic carbocycles. The molecule has 1 aromatic heterocycles.